The number of ether oxygens (including phenoxy) is 1. The Kier molecular flexibility index (Phi) is 9.53. The topological polar surface area (TPSA) is 58.6 Å². The van der Waals surface area contributed by atoms with Crippen molar-refractivity contribution in [2.24, 2.45) is 0 Å². The van der Waals surface area contributed by atoms with Crippen molar-refractivity contribution in [2.45, 2.75) is 50.7 Å². The van der Waals surface area contributed by atoms with Crippen LogP contribution in [-0.2, 0) is 16.1 Å². The number of rotatable bonds is 10. The lowest BCUT2D eigenvalue weighted by Crippen LogP contribution is -2.50. The molecule has 2 atom stereocenters. The average Bonchev–Trinajstić information content (AvgIpc) is 2.76. The van der Waals surface area contributed by atoms with Crippen molar-refractivity contribution in [3.05, 3.63) is 59.1 Å². The molecular formula is C23H29ClN2O3S. The fourth-order valence-corrected chi connectivity index (χ4v) is 3.68. The van der Waals surface area contributed by atoms with Gasteiger partial charge in [0, 0.05) is 22.5 Å². The Bertz CT molecular complexity index is 845. The molecule has 2 amide bonds. The van der Waals surface area contributed by atoms with E-state index in [1.54, 1.807) is 31.1 Å². The summed E-state index contributed by atoms with van der Waals surface area (Å²) in [6.45, 7) is 6.06. The van der Waals surface area contributed by atoms with Crippen LogP contribution in [0.5, 0.6) is 5.75 Å². The van der Waals surface area contributed by atoms with Gasteiger partial charge in [-0.25, -0.2) is 0 Å². The maximum Gasteiger partial charge on any atom is 0.242 e. The van der Waals surface area contributed by atoms with Crippen LogP contribution in [0.1, 0.15) is 32.8 Å². The second-order valence-corrected chi connectivity index (χ2v) is 8.59. The van der Waals surface area contributed by atoms with Crippen molar-refractivity contribution >= 4 is 35.2 Å². The molecular weight excluding hydrogens is 420 g/mol. The zero-order valence-electron chi connectivity index (χ0n) is 17.9. The number of nitrogens with zero attached hydrogens (tertiary/aromatic N) is 1. The molecule has 2 aromatic carbocycles. The molecule has 0 saturated carbocycles. The highest BCUT2D eigenvalue weighted by molar-refractivity contribution is 8.00. The van der Waals surface area contributed by atoms with Gasteiger partial charge in [-0.05, 0) is 62.2 Å². The first-order chi connectivity index (χ1) is 14.3. The zero-order valence-corrected chi connectivity index (χ0v) is 19.4. The van der Waals surface area contributed by atoms with Gasteiger partial charge in [0.05, 0.1) is 12.9 Å². The first-order valence-electron chi connectivity index (χ1n) is 9.95. The number of hydrogen-bond acceptors (Lipinski definition) is 4. The van der Waals surface area contributed by atoms with E-state index in [2.05, 4.69) is 5.32 Å². The molecule has 1 N–H and O–H groups in total. The van der Waals surface area contributed by atoms with Gasteiger partial charge >= 0.3 is 0 Å². The van der Waals surface area contributed by atoms with Gasteiger partial charge < -0.3 is 15.0 Å². The van der Waals surface area contributed by atoms with Gasteiger partial charge in [-0.2, -0.15) is 0 Å². The molecule has 2 unspecified atom stereocenters. The summed E-state index contributed by atoms with van der Waals surface area (Å²) in [6, 6.07) is 14.3. The summed E-state index contributed by atoms with van der Waals surface area (Å²) in [5, 5.41) is 3.63. The van der Waals surface area contributed by atoms with Gasteiger partial charge in [0.2, 0.25) is 11.8 Å². The highest BCUT2D eigenvalue weighted by Crippen LogP contribution is 2.22. The van der Waals surface area contributed by atoms with E-state index in [0.717, 1.165) is 16.9 Å². The summed E-state index contributed by atoms with van der Waals surface area (Å²) < 4.78 is 5.29. The highest BCUT2D eigenvalue weighted by Gasteiger charge is 2.26. The first kappa shape index (κ1) is 24.1. The monoisotopic (exact) mass is 448 g/mol. The minimum absolute atomic E-state index is 0.0529. The molecule has 0 fully saturated rings. The molecule has 0 aliphatic heterocycles. The van der Waals surface area contributed by atoms with Crippen LogP contribution in [0.3, 0.4) is 0 Å². The number of hydrogen-bond donors (Lipinski definition) is 1. The van der Waals surface area contributed by atoms with Crippen LogP contribution < -0.4 is 10.1 Å². The fourth-order valence-electron chi connectivity index (χ4n) is 2.77. The quantitative estimate of drug-likeness (QED) is 0.532. The van der Waals surface area contributed by atoms with Crippen molar-refractivity contribution in [3.8, 4) is 5.75 Å². The van der Waals surface area contributed by atoms with Crippen molar-refractivity contribution in [3.63, 3.8) is 0 Å². The third-order valence-corrected chi connectivity index (χ3v) is 6.08. The normalized spacial score (nSPS) is 12.7. The highest BCUT2D eigenvalue weighted by atomic mass is 35.5. The molecule has 7 heteroatoms. The Morgan fingerprint density at radius 2 is 1.87 bits per heavy atom. The summed E-state index contributed by atoms with van der Waals surface area (Å²) in [4.78, 5) is 28.4. The number of halogens is 1. The lowest BCUT2D eigenvalue weighted by Gasteiger charge is -2.29. The second-order valence-electron chi connectivity index (χ2n) is 7.11. The van der Waals surface area contributed by atoms with E-state index >= 15 is 0 Å². The van der Waals surface area contributed by atoms with Gasteiger partial charge in [-0.3, -0.25) is 9.59 Å². The Morgan fingerprint density at radius 3 is 2.50 bits per heavy atom. The van der Waals surface area contributed by atoms with E-state index in [1.165, 1.54) is 11.8 Å². The minimum atomic E-state index is -0.594. The first-order valence-corrected chi connectivity index (χ1v) is 11.3. The number of nitrogens with one attached hydrogen (secondary N) is 1. The summed E-state index contributed by atoms with van der Waals surface area (Å²) in [5.74, 6) is 0.681. The Labute approximate surface area is 188 Å². The van der Waals surface area contributed by atoms with E-state index in [0.29, 0.717) is 17.3 Å². The molecule has 5 nitrogen and oxygen atoms in total. The molecule has 0 radical (unpaired) electrons. The third kappa shape index (κ3) is 7.26. The molecule has 0 aromatic heterocycles. The second kappa shape index (κ2) is 11.9. The van der Waals surface area contributed by atoms with E-state index < -0.39 is 6.04 Å². The number of methoxy groups -OCH3 is 1. The summed E-state index contributed by atoms with van der Waals surface area (Å²) in [5.41, 5.74) is 0.905. The molecule has 2 aromatic rings. The molecule has 0 spiro atoms. The Hall–Kier alpha value is -2.18. The number of thioether (sulfide) groups is 1. The molecule has 0 aliphatic carbocycles. The SMILES string of the molecule is CCC(C)NC(=O)C(C)N(Cc1cccc(OC)c1)C(=O)CSc1ccc(Cl)cc1. The molecule has 162 valence electrons. The molecule has 2 rings (SSSR count). The molecule has 0 aliphatic rings. The minimum Gasteiger partial charge on any atom is -0.497 e. The van der Waals surface area contributed by atoms with E-state index in [4.69, 9.17) is 16.3 Å². The van der Waals surface area contributed by atoms with Crippen molar-refractivity contribution in [1.29, 1.82) is 0 Å². The van der Waals surface area contributed by atoms with Gasteiger partial charge in [-0.15, -0.1) is 11.8 Å². The van der Waals surface area contributed by atoms with Gasteiger partial charge in [0.1, 0.15) is 11.8 Å². The van der Waals surface area contributed by atoms with Crippen LogP contribution in [0.15, 0.2) is 53.4 Å². The van der Waals surface area contributed by atoms with E-state index in [-0.39, 0.29) is 23.6 Å². The molecule has 0 saturated heterocycles. The predicted molar refractivity (Wildman–Crippen MR) is 123 cm³/mol. The van der Waals surface area contributed by atoms with Crippen LogP contribution in [-0.4, -0.2) is 41.7 Å². The predicted octanol–water partition coefficient (Wildman–Crippen LogP) is 4.77. The van der Waals surface area contributed by atoms with E-state index in [1.807, 2.05) is 50.2 Å². The van der Waals surface area contributed by atoms with Crippen LogP contribution in [0.2, 0.25) is 5.02 Å². The number of benzene rings is 2. The molecule has 0 heterocycles. The van der Waals surface area contributed by atoms with Gasteiger partial charge in [-0.1, -0.05) is 30.7 Å². The van der Waals surface area contributed by atoms with Crippen molar-refractivity contribution in [2.75, 3.05) is 12.9 Å². The maximum absolute atomic E-state index is 13.1. The molecule has 30 heavy (non-hydrogen) atoms. The van der Waals surface area contributed by atoms with Gasteiger partial charge in [0.25, 0.3) is 0 Å². The molecule has 0 bridgehead atoms. The van der Waals surface area contributed by atoms with Crippen LogP contribution in [0.4, 0.5) is 0 Å². The smallest absolute Gasteiger partial charge is 0.242 e. The van der Waals surface area contributed by atoms with Crippen molar-refractivity contribution < 1.29 is 14.3 Å². The maximum atomic E-state index is 13.1. The number of amides is 2. The van der Waals surface area contributed by atoms with E-state index in [9.17, 15) is 9.59 Å². The lowest BCUT2D eigenvalue weighted by molar-refractivity contribution is -0.138. The Balaban J connectivity index is 2.16. The van der Waals surface area contributed by atoms with Crippen LogP contribution in [0, 0.1) is 0 Å². The largest absolute Gasteiger partial charge is 0.497 e. The third-order valence-electron chi connectivity index (χ3n) is 4.83. The van der Waals surface area contributed by atoms with Crippen LogP contribution in [0.25, 0.3) is 0 Å². The van der Waals surface area contributed by atoms with Crippen LogP contribution >= 0.6 is 23.4 Å². The fraction of sp³-hybridized carbons (Fsp3) is 0.391. The summed E-state index contributed by atoms with van der Waals surface area (Å²) in [6.07, 6.45) is 0.828. The number of carbonyl (C=O) groups excluding carboxylic acids is 2. The average molecular weight is 449 g/mol. The summed E-state index contributed by atoms with van der Waals surface area (Å²) >= 11 is 7.36. The number of carbonyl (C=O) groups is 2. The zero-order chi connectivity index (χ0) is 22.1. The van der Waals surface area contributed by atoms with Gasteiger partial charge in [0.15, 0.2) is 0 Å². The van der Waals surface area contributed by atoms with Crippen molar-refractivity contribution in [1.82, 2.24) is 10.2 Å². The summed E-state index contributed by atoms with van der Waals surface area (Å²) in [7, 11) is 1.60. The standard InChI is InChI=1S/C23H29ClN2O3S/c1-5-16(2)25-23(28)17(3)26(14-18-7-6-8-20(13-18)29-4)22(27)15-30-21-11-9-19(24)10-12-21/h6-13,16-17H,5,14-15H2,1-4H3,(H,25,28). The Morgan fingerprint density at radius 1 is 1.17 bits per heavy atom. The lowest BCUT2D eigenvalue weighted by atomic mass is 10.1.